The molecule has 8 heteroatoms. The number of nitrogens with zero attached hydrogens (tertiary/aromatic N) is 5. The Kier molecular flexibility index (Phi) is 5.91. The van der Waals surface area contributed by atoms with E-state index in [-0.39, 0.29) is 6.03 Å². The summed E-state index contributed by atoms with van der Waals surface area (Å²) in [5, 5.41) is 7.28. The van der Waals surface area contributed by atoms with Crippen molar-refractivity contribution in [2.45, 2.75) is 38.8 Å². The third-order valence-electron chi connectivity index (χ3n) is 6.72. The first-order valence-corrected chi connectivity index (χ1v) is 11.5. The molecule has 1 aromatic heterocycles. The van der Waals surface area contributed by atoms with Crippen LogP contribution in [0.25, 0.3) is 11.4 Å². The predicted molar refractivity (Wildman–Crippen MR) is 117 cm³/mol. The average molecular weight is 425 g/mol. The minimum absolute atomic E-state index is 0.0731. The maximum atomic E-state index is 12.6. The lowest BCUT2D eigenvalue weighted by Gasteiger charge is -2.34. The largest absolute Gasteiger partial charge is 0.338 e. The third-order valence-corrected chi connectivity index (χ3v) is 6.72. The Bertz CT molecular complexity index is 886. The van der Waals surface area contributed by atoms with Crippen molar-refractivity contribution in [1.82, 2.24) is 30.2 Å². The Hall–Kier alpha value is -2.45. The first-order valence-electron chi connectivity index (χ1n) is 11.5. The van der Waals surface area contributed by atoms with Crippen molar-refractivity contribution < 1.29 is 9.32 Å². The van der Waals surface area contributed by atoms with Gasteiger partial charge in [-0.15, -0.1) is 0 Å². The molecular formula is C23H32N6O2. The quantitative estimate of drug-likeness (QED) is 0.767. The van der Waals surface area contributed by atoms with Gasteiger partial charge in [0.1, 0.15) is 0 Å². The van der Waals surface area contributed by atoms with E-state index in [1.807, 2.05) is 29.2 Å². The number of amides is 2. The van der Waals surface area contributed by atoms with Crippen molar-refractivity contribution in [1.29, 1.82) is 0 Å². The minimum atomic E-state index is 0.0731. The van der Waals surface area contributed by atoms with E-state index in [1.165, 1.54) is 31.4 Å². The SMILES string of the molecule is Cc1ccc(-c2noc(CN3CCN(C(=O)NCC4CCN(C5CC5)C4)CC3)n2)cc1. The second-order valence-electron chi connectivity index (χ2n) is 9.21. The van der Waals surface area contributed by atoms with Crippen LogP contribution in [-0.2, 0) is 6.54 Å². The average Bonchev–Trinajstić information content (AvgIpc) is 3.35. The van der Waals surface area contributed by atoms with Crippen LogP contribution in [-0.4, -0.2) is 82.7 Å². The minimum Gasteiger partial charge on any atom is -0.338 e. The van der Waals surface area contributed by atoms with Gasteiger partial charge in [-0.05, 0) is 38.6 Å². The molecule has 3 aliphatic rings. The van der Waals surface area contributed by atoms with Crippen LogP contribution in [0.2, 0.25) is 0 Å². The summed E-state index contributed by atoms with van der Waals surface area (Å²) < 4.78 is 5.45. The van der Waals surface area contributed by atoms with Crippen molar-refractivity contribution in [2.24, 2.45) is 5.92 Å². The number of hydrogen-bond donors (Lipinski definition) is 1. The van der Waals surface area contributed by atoms with Gasteiger partial charge in [-0.25, -0.2) is 4.79 Å². The molecule has 1 N–H and O–H groups in total. The predicted octanol–water partition coefficient (Wildman–Crippen LogP) is 2.36. The number of aromatic nitrogens is 2. The number of benzene rings is 1. The van der Waals surface area contributed by atoms with Gasteiger partial charge in [-0.1, -0.05) is 35.0 Å². The van der Waals surface area contributed by atoms with Gasteiger partial charge in [0.25, 0.3) is 0 Å². The van der Waals surface area contributed by atoms with E-state index in [2.05, 4.69) is 32.2 Å². The Morgan fingerprint density at radius 1 is 1.10 bits per heavy atom. The van der Waals surface area contributed by atoms with Crippen LogP contribution in [0.1, 0.15) is 30.7 Å². The van der Waals surface area contributed by atoms with E-state index >= 15 is 0 Å². The summed E-state index contributed by atoms with van der Waals surface area (Å²) in [5.41, 5.74) is 2.17. The smallest absolute Gasteiger partial charge is 0.317 e. The molecule has 8 nitrogen and oxygen atoms in total. The Balaban J connectivity index is 1.04. The van der Waals surface area contributed by atoms with Crippen LogP contribution in [0.5, 0.6) is 0 Å². The van der Waals surface area contributed by atoms with Crippen molar-refractivity contribution >= 4 is 6.03 Å². The Morgan fingerprint density at radius 3 is 2.61 bits per heavy atom. The van der Waals surface area contributed by atoms with Crippen LogP contribution in [0, 0.1) is 12.8 Å². The molecule has 1 atom stereocenters. The van der Waals surface area contributed by atoms with Crippen molar-refractivity contribution in [2.75, 3.05) is 45.8 Å². The van der Waals surface area contributed by atoms with Crippen molar-refractivity contribution in [3.05, 3.63) is 35.7 Å². The standard InChI is InChI=1S/C23H32N6O2/c1-17-2-4-19(5-3-17)22-25-21(31-26-22)16-27-10-12-28(13-11-27)23(30)24-14-18-8-9-29(15-18)20-6-7-20/h2-5,18,20H,6-16H2,1H3,(H,24,30). The van der Waals surface area contributed by atoms with Crippen LogP contribution in [0.15, 0.2) is 28.8 Å². The van der Waals surface area contributed by atoms with E-state index < -0.39 is 0 Å². The van der Waals surface area contributed by atoms with Crippen molar-refractivity contribution in [3.63, 3.8) is 0 Å². The molecule has 1 saturated carbocycles. The number of rotatable bonds is 6. The van der Waals surface area contributed by atoms with E-state index in [1.54, 1.807) is 0 Å². The molecule has 2 saturated heterocycles. The number of urea groups is 1. The molecule has 1 aromatic carbocycles. The van der Waals surface area contributed by atoms with Gasteiger partial charge < -0.3 is 19.6 Å². The molecule has 1 unspecified atom stereocenters. The summed E-state index contributed by atoms with van der Waals surface area (Å²) in [6.45, 7) is 8.90. The number of likely N-dealkylation sites (tertiary alicyclic amines) is 1. The highest BCUT2D eigenvalue weighted by Crippen LogP contribution is 2.31. The summed E-state index contributed by atoms with van der Waals surface area (Å²) in [5.74, 6) is 1.85. The monoisotopic (exact) mass is 424 g/mol. The van der Waals surface area contributed by atoms with Gasteiger partial charge in [-0.2, -0.15) is 4.98 Å². The highest BCUT2D eigenvalue weighted by atomic mass is 16.5. The van der Waals surface area contributed by atoms with Gasteiger partial charge in [-0.3, -0.25) is 4.90 Å². The number of aryl methyl sites for hydroxylation is 1. The summed E-state index contributed by atoms with van der Waals surface area (Å²) >= 11 is 0. The van der Waals surface area contributed by atoms with Gasteiger partial charge in [0, 0.05) is 50.9 Å². The molecule has 2 aliphatic heterocycles. The normalized spacial score (nSPS) is 22.7. The maximum Gasteiger partial charge on any atom is 0.317 e. The topological polar surface area (TPSA) is 77.7 Å². The van der Waals surface area contributed by atoms with Crippen molar-refractivity contribution in [3.8, 4) is 11.4 Å². The molecule has 2 aromatic rings. The lowest BCUT2D eigenvalue weighted by atomic mass is 10.1. The first-order chi connectivity index (χ1) is 15.1. The van der Waals surface area contributed by atoms with E-state index in [0.717, 1.165) is 50.9 Å². The van der Waals surface area contributed by atoms with E-state index in [4.69, 9.17) is 4.52 Å². The van der Waals surface area contributed by atoms with Crippen LogP contribution < -0.4 is 5.32 Å². The van der Waals surface area contributed by atoms with Gasteiger partial charge in [0.2, 0.25) is 11.7 Å². The molecule has 0 spiro atoms. The zero-order chi connectivity index (χ0) is 21.2. The number of carbonyl (C=O) groups excluding carboxylic acids is 1. The van der Waals surface area contributed by atoms with Gasteiger partial charge in [0.15, 0.2) is 0 Å². The lowest BCUT2D eigenvalue weighted by Crippen LogP contribution is -2.52. The lowest BCUT2D eigenvalue weighted by molar-refractivity contribution is 0.126. The highest BCUT2D eigenvalue weighted by molar-refractivity contribution is 5.74. The zero-order valence-electron chi connectivity index (χ0n) is 18.3. The molecule has 3 heterocycles. The summed E-state index contributed by atoms with van der Waals surface area (Å²) in [6, 6.07) is 9.02. The number of piperazine rings is 1. The summed E-state index contributed by atoms with van der Waals surface area (Å²) in [6.07, 6.45) is 3.93. The fourth-order valence-corrected chi connectivity index (χ4v) is 4.58. The number of carbonyl (C=O) groups is 1. The second-order valence-corrected chi connectivity index (χ2v) is 9.21. The number of hydrogen-bond acceptors (Lipinski definition) is 6. The molecule has 0 bridgehead atoms. The fourth-order valence-electron chi connectivity index (χ4n) is 4.58. The maximum absolute atomic E-state index is 12.6. The van der Waals surface area contributed by atoms with E-state index in [0.29, 0.717) is 24.2 Å². The molecule has 1 aliphatic carbocycles. The molecular weight excluding hydrogens is 392 g/mol. The summed E-state index contributed by atoms with van der Waals surface area (Å²) in [4.78, 5) is 23.9. The highest BCUT2D eigenvalue weighted by Gasteiger charge is 2.34. The molecule has 5 rings (SSSR count). The third kappa shape index (κ3) is 5.07. The molecule has 3 fully saturated rings. The van der Waals surface area contributed by atoms with Crippen LogP contribution >= 0.6 is 0 Å². The Labute approximate surface area is 183 Å². The second kappa shape index (κ2) is 8.96. The first kappa shape index (κ1) is 20.5. The summed E-state index contributed by atoms with van der Waals surface area (Å²) in [7, 11) is 0. The van der Waals surface area contributed by atoms with Gasteiger partial charge >= 0.3 is 6.03 Å². The zero-order valence-corrected chi connectivity index (χ0v) is 18.3. The molecule has 31 heavy (non-hydrogen) atoms. The Morgan fingerprint density at radius 2 is 1.87 bits per heavy atom. The molecule has 166 valence electrons. The molecule has 2 amide bonds. The molecule has 0 radical (unpaired) electrons. The van der Waals surface area contributed by atoms with Crippen LogP contribution in [0.4, 0.5) is 4.79 Å². The number of nitrogens with one attached hydrogen (secondary N) is 1. The van der Waals surface area contributed by atoms with E-state index in [9.17, 15) is 4.79 Å². The van der Waals surface area contributed by atoms with Gasteiger partial charge in [0.05, 0.1) is 6.54 Å². The van der Waals surface area contributed by atoms with Crippen LogP contribution in [0.3, 0.4) is 0 Å². The fraction of sp³-hybridized carbons (Fsp3) is 0.609.